The Bertz CT molecular complexity index is 815. The summed E-state index contributed by atoms with van der Waals surface area (Å²) in [5.74, 6) is 1.11. The Morgan fingerprint density at radius 1 is 1.29 bits per heavy atom. The van der Waals surface area contributed by atoms with Crippen LogP contribution in [0.1, 0.15) is 37.7 Å². The molecule has 24 heavy (non-hydrogen) atoms. The number of allylic oxidation sites excluding steroid dienone is 1. The maximum absolute atomic E-state index is 12.2. The predicted molar refractivity (Wildman–Crippen MR) is 95.5 cm³/mol. The molecular formula is C18H22N4O2. The lowest BCUT2D eigenvalue weighted by molar-refractivity contribution is 0.262. The van der Waals surface area contributed by atoms with Gasteiger partial charge in [0.2, 0.25) is 0 Å². The lowest BCUT2D eigenvalue weighted by Crippen LogP contribution is -2.20. The van der Waals surface area contributed by atoms with Gasteiger partial charge in [-0.1, -0.05) is 38.6 Å². The molecule has 3 rings (SSSR count). The number of amides is 2. The van der Waals surface area contributed by atoms with Crippen LogP contribution in [0.4, 0.5) is 22.0 Å². The first-order chi connectivity index (χ1) is 11.2. The first-order valence-corrected chi connectivity index (χ1v) is 7.86. The molecule has 126 valence electrons. The highest BCUT2D eigenvalue weighted by molar-refractivity contribution is 6.00. The highest BCUT2D eigenvalue weighted by atomic mass is 16.5. The van der Waals surface area contributed by atoms with Crippen LogP contribution in [0.2, 0.25) is 0 Å². The quantitative estimate of drug-likeness (QED) is 0.764. The van der Waals surface area contributed by atoms with Crippen molar-refractivity contribution in [2.24, 2.45) is 0 Å². The lowest BCUT2D eigenvalue weighted by Gasteiger charge is -2.12. The van der Waals surface area contributed by atoms with Gasteiger partial charge in [0.25, 0.3) is 0 Å². The second-order valence-corrected chi connectivity index (χ2v) is 7.14. The number of aromatic nitrogens is 1. The van der Waals surface area contributed by atoms with Crippen LogP contribution in [0, 0.1) is 6.92 Å². The summed E-state index contributed by atoms with van der Waals surface area (Å²) in [6, 6.07) is 5.36. The van der Waals surface area contributed by atoms with Crippen LogP contribution in [-0.2, 0) is 11.8 Å². The molecule has 3 N–H and O–H groups in total. The third-order valence-corrected chi connectivity index (χ3v) is 3.90. The Kier molecular flexibility index (Phi) is 3.83. The van der Waals surface area contributed by atoms with Crippen molar-refractivity contribution in [1.82, 2.24) is 5.16 Å². The molecule has 2 amide bonds. The minimum Gasteiger partial charge on any atom is -0.359 e. The zero-order valence-electron chi connectivity index (χ0n) is 14.4. The SMILES string of the molecule is C=C1Cc2cc(C)c(NC(=O)Nc3cc(C(C)(C)C)on3)cc2N1. The van der Waals surface area contributed by atoms with E-state index < -0.39 is 0 Å². The molecule has 1 aromatic carbocycles. The van der Waals surface area contributed by atoms with E-state index in [4.69, 9.17) is 4.52 Å². The molecule has 0 saturated heterocycles. The van der Waals surface area contributed by atoms with Gasteiger partial charge in [-0.3, -0.25) is 5.32 Å². The first kappa shape index (κ1) is 16.1. The second kappa shape index (κ2) is 5.70. The Morgan fingerprint density at radius 2 is 2.04 bits per heavy atom. The van der Waals surface area contributed by atoms with E-state index >= 15 is 0 Å². The maximum Gasteiger partial charge on any atom is 0.324 e. The van der Waals surface area contributed by atoms with E-state index in [1.807, 2.05) is 33.8 Å². The summed E-state index contributed by atoms with van der Waals surface area (Å²) in [5.41, 5.74) is 4.72. The molecule has 0 atom stereocenters. The van der Waals surface area contributed by atoms with Gasteiger partial charge in [-0.2, -0.15) is 0 Å². The van der Waals surface area contributed by atoms with Crippen LogP contribution in [0.3, 0.4) is 0 Å². The predicted octanol–water partition coefficient (Wildman–Crippen LogP) is 4.41. The van der Waals surface area contributed by atoms with Crippen LogP contribution < -0.4 is 16.0 Å². The zero-order valence-corrected chi connectivity index (χ0v) is 14.4. The van der Waals surface area contributed by atoms with Gasteiger partial charge in [0, 0.05) is 35.0 Å². The third-order valence-electron chi connectivity index (χ3n) is 3.90. The summed E-state index contributed by atoms with van der Waals surface area (Å²) < 4.78 is 5.26. The molecule has 0 aliphatic carbocycles. The minimum atomic E-state index is -0.358. The van der Waals surface area contributed by atoms with Crippen molar-refractivity contribution in [3.63, 3.8) is 0 Å². The van der Waals surface area contributed by atoms with Gasteiger partial charge < -0.3 is 15.2 Å². The highest BCUT2D eigenvalue weighted by Crippen LogP contribution is 2.32. The van der Waals surface area contributed by atoms with E-state index in [-0.39, 0.29) is 11.4 Å². The lowest BCUT2D eigenvalue weighted by atomic mass is 9.93. The molecule has 0 spiro atoms. The molecule has 1 aromatic heterocycles. The highest BCUT2D eigenvalue weighted by Gasteiger charge is 2.21. The van der Waals surface area contributed by atoms with Gasteiger partial charge in [-0.15, -0.1) is 0 Å². The number of nitrogens with zero attached hydrogens (tertiary/aromatic N) is 1. The van der Waals surface area contributed by atoms with Gasteiger partial charge in [-0.25, -0.2) is 4.79 Å². The molecule has 0 saturated carbocycles. The van der Waals surface area contributed by atoms with Crippen molar-refractivity contribution in [3.8, 4) is 0 Å². The number of anilines is 3. The molecule has 2 heterocycles. The number of fused-ring (bicyclic) bond motifs is 1. The molecule has 0 radical (unpaired) electrons. The van der Waals surface area contributed by atoms with E-state index in [2.05, 4.69) is 33.8 Å². The molecule has 2 aromatic rings. The Labute approximate surface area is 141 Å². The maximum atomic E-state index is 12.2. The van der Waals surface area contributed by atoms with E-state index in [1.165, 1.54) is 5.56 Å². The molecule has 1 aliphatic rings. The largest absolute Gasteiger partial charge is 0.359 e. The van der Waals surface area contributed by atoms with E-state index in [9.17, 15) is 4.79 Å². The number of aryl methyl sites for hydroxylation is 1. The Hall–Kier alpha value is -2.76. The number of nitrogens with one attached hydrogen (secondary N) is 3. The number of carbonyl (C=O) groups excluding carboxylic acids is 1. The fourth-order valence-electron chi connectivity index (χ4n) is 2.59. The third kappa shape index (κ3) is 3.27. The number of benzene rings is 1. The van der Waals surface area contributed by atoms with Crippen molar-refractivity contribution >= 4 is 23.2 Å². The standard InChI is InChI=1S/C18H22N4O2/c1-10-6-12-7-11(2)19-14(12)8-13(10)20-17(23)21-16-9-15(24-22-16)18(3,4)5/h6,8-9,19H,2,7H2,1,3-5H3,(H2,20,21,22,23). The van der Waals surface area contributed by atoms with E-state index in [0.29, 0.717) is 11.6 Å². The van der Waals surface area contributed by atoms with Crippen molar-refractivity contribution in [2.45, 2.75) is 39.5 Å². The summed E-state index contributed by atoms with van der Waals surface area (Å²) in [7, 11) is 0. The Morgan fingerprint density at radius 3 is 2.71 bits per heavy atom. The van der Waals surface area contributed by atoms with Crippen molar-refractivity contribution < 1.29 is 9.32 Å². The van der Waals surface area contributed by atoms with E-state index in [0.717, 1.165) is 29.1 Å². The summed E-state index contributed by atoms with van der Waals surface area (Å²) in [4.78, 5) is 12.2. The molecule has 6 heteroatoms. The molecule has 6 nitrogen and oxygen atoms in total. The number of urea groups is 1. The summed E-state index contributed by atoms with van der Waals surface area (Å²) in [5, 5.41) is 12.6. The smallest absolute Gasteiger partial charge is 0.324 e. The van der Waals surface area contributed by atoms with Gasteiger partial charge in [0.1, 0.15) is 5.76 Å². The topological polar surface area (TPSA) is 79.2 Å². The average molecular weight is 326 g/mol. The van der Waals surface area contributed by atoms with Crippen LogP contribution in [-0.4, -0.2) is 11.2 Å². The minimum absolute atomic E-state index is 0.159. The summed E-state index contributed by atoms with van der Waals surface area (Å²) >= 11 is 0. The average Bonchev–Trinajstić information content (AvgIpc) is 3.04. The molecule has 0 bridgehead atoms. The summed E-state index contributed by atoms with van der Waals surface area (Å²) in [6.45, 7) is 12.0. The Balaban J connectivity index is 1.71. The van der Waals surface area contributed by atoms with Crippen LogP contribution >= 0.6 is 0 Å². The van der Waals surface area contributed by atoms with Gasteiger partial charge in [0.15, 0.2) is 5.82 Å². The summed E-state index contributed by atoms with van der Waals surface area (Å²) in [6.07, 6.45) is 0.817. The molecule has 0 unspecified atom stereocenters. The van der Waals surface area contributed by atoms with Crippen LogP contribution in [0.25, 0.3) is 0 Å². The number of carbonyl (C=O) groups is 1. The number of hydrogen-bond donors (Lipinski definition) is 3. The van der Waals surface area contributed by atoms with Crippen LogP contribution in [0.5, 0.6) is 0 Å². The number of hydrogen-bond acceptors (Lipinski definition) is 4. The fraction of sp³-hybridized carbons (Fsp3) is 0.333. The van der Waals surface area contributed by atoms with Gasteiger partial charge in [0.05, 0.1) is 0 Å². The second-order valence-electron chi connectivity index (χ2n) is 7.14. The van der Waals surface area contributed by atoms with Crippen molar-refractivity contribution in [3.05, 3.63) is 47.4 Å². The normalized spacial score (nSPS) is 13.4. The van der Waals surface area contributed by atoms with Crippen molar-refractivity contribution in [1.29, 1.82) is 0 Å². The number of rotatable bonds is 2. The molecule has 1 aliphatic heterocycles. The fourth-order valence-corrected chi connectivity index (χ4v) is 2.59. The van der Waals surface area contributed by atoms with Crippen LogP contribution in [0.15, 0.2) is 35.0 Å². The first-order valence-electron chi connectivity index (χ1n) is 7.86. The van der Waals surface area contributed by atoms with Gasteiger partial charge >= 0.3 is 6.03 Å². The van der Waals surface area contributed by atoms with Gasteiger partial charge in [-0.05, 0) is 24.1 Å². The van der Waals surface area contributed by atoms with Crippen molar-refractivity contribution in [2.75, 3.05) is 16.0 Å². The monoisotopic (exact) mass is 326 g/mol. The zero-order chi connectivity index (χ0) is 17.5. The van der Waals surface area contributed by atoms with E-state index in [1.54, 1.807) is 6.07 Å². The molecular weight excluding hydrogens is 304 g/mol. The molecule has 0 fully saturated rings.